The number of rotatable bonds is 6. The standard InChI is InChI=1S/C12H15F2NO2/c1-2-15(4-3-12(16)17)8-9-5-10(13)7-11(14)6-9/h5-7H,2-4,8H2,1H3,(H,16,17). The molecule has 0 radical (unpaired) electrons. The van der Waals surface area contributed by atoms with E-state index in [-0.39, 0.29) is 6.42 Å². The smallest absolute Gasteiger partial charge is 0.304 e. The highest BCUT2D eigenvalue weighted by Crippen LogP contribution is 2.10. The number of hydrogen-bond acceptors (Lipinski definition) is 2. The molecule has 94 valence electrons. The quantitative estimate of drug-likeness (QED) is 0.833. The molecule has 0 aliphatic heterocycles. The summed E-state index contributed by atoms with van der Waals surface area (Å²) < 4.78 is 25.9. The summed E-state index contributed by atoms with van der Waals surface area (Å²) >= 11 is 0. The van der Waals surface area contributed by atoms with Gasteiger partial charge in [0.25, 0.3) is 0 Å². The molecule has 0 amide bonds. The second-order valence-corrected chi connectivity index (χ2v) is 3.79. The lowest BCUT2D eigenvalue weighted by Crippen LogP contribution is -2.25. The van der Waals surface area contributed by atoms with Crippen molar-refractivity contribution in [2.24, 2.45) is 0 Å². The summed E-state index contributed by atoms with van der Waals surface area (Å²) in [7, 11) is 0. The molecule has 0 aromatic heterocycles. The van der Waals surface area contributed by atoms with Crippen molar-refractivity contribution in [3.8, 4) is 0 Å². The van der Waals surface area contributed by atoms with Gasteiger partial charge in [-0.1, -0.05) is 6.92 Å². The van der Waals surface area contributed by atoms with E-state index < -0.39 is 17.6 Å². The first-order valence-corrected chi connectivity index (χ1v) is 5.40. The maximum absolute atomic E-state index is 12.9. The van der Waals surface area contributed by atoms with Crippen LogP contribution < -0.4 is 0 Å². The first kappa shape index (κ1) is 13.6. The van der Waals surface area contributed by atoms with Crippen molar-refractivity contribution in [1.82, 2.24) is 4.90 Å². The highest BCUT2D eigenvalue weighted by atomic mass is 19.1. The van der Waals surface area contributed by atoms with Crippen molar-refractivity contribution in [1.29, 1.82) is 0 Å². The number of hydrogen-bond donors (Lipinski definition) is 1. The highest BCUT2D eigenvalue weighted by molar-refractivity contribution is 5.66. The molecule has 3 nitrogen and oxygen atoms in total. The molecule has 0 unspecified atom stereocenters. The highest BCUT2D eigenvalue weighted by Gasteiger charge is 2.08. The van der Waals surface area contributed by atoms with E-state index in [1.54, 1.807) is 0 Å². The third-order valence-electron chi connectivity index (χ3n) is 2.42. The molecular formula is C12H15F2NO2. The SMILES string of the molecule is CCN(CCC(=O)O)Cc1cc(F)cc(F)c1. The first-order chi connectivity index (χ1) is 8.01. The minimum atomic E-state index is -0.881. The predicted molar refractivity (Wildman–Crippen MR) is 59.6 cm³/mol. The van der Waals surface area contributed by atoms with Crippen molar-refractivity contribution in [3.05, 3.63) is 35.4 Å². The van der Waals surface area contributed by atoms with Gasteiger partial charge in [-0.3, -0.25) is 9.69 Å². The van der Waals surface area contributed by atoms with E-state index in [1.165, 1.54) is 12.1 Å². The molecule has 0 aliphatic carbocycles. The molecule has 5 heteroatoms. The van der Waals surface area contributed by atoms with E-state index in [1.807, 2.05) is 11.8 Å². The Labute approximate surface area is 98.7 Å². The van der Waals surface area contributed by atoms with Gasteiger partial charge in [0.2, 0.25) is 0 Å². The summed E-state index contributed by atoms with van der Waals surface area (Å²) in [5.41, 5.74) is 0.509. The third kappa shape index (κ3) is 4.91. The Bertz CT molecular complexity index is 376. The number of aliphatic carboxylic acids is 1. The Morgan fingerprint density at radius 1 is 1.29 bits per heavy atom. The van der Waals surface area contributed by atoms with Crippen molar-refractivity contribution in [2.45, 2.75) is 19.9 Å². The molecule has 1 rings (SSSR count). The fourth-order valence-electron chi connectivity index (χ4n) is 1.56. The van der Waals surface area contributed by atoms with Crippen LogP contribution in [0.1, 0.15) is 18.9 Å². The second-order valence-electron chi connectivity index (χ2n) is 3.79. The Hall–Kier alpha value is -1.49. The molecule has 0 atom stereocenters. The van der Waals surface area contributed by atoms with Crippen molar-refractivity contribution < 1.29 is 18.7 Å². The predicted octanol–water partition coefficient (Wildman–Crippen LogP) is 2.26. The molecule has 1 aromatic carbocycles. The van der Waals surface area contributed by atoms with E-state index in [2.05, 4.69) is 0 Å². The molecule has 0 aliphatic rings. The zero-order valence-electron chi connectivity index (χ0n) is 9.62. The molecule has 0 spiro atoms. The minimum Gasteiger partial charge on any atom is -0.481 e. The summed E-state index contributed by atoms with van der Waals surface area (Å²) in [6.45, 7) is 3.21. The summed E-state index contributed by atoms with van der Waals surface area (Å²) in [6.07, 6.45) is 0.0195. The van der Waals surface area contributed by atoms with Gasteiger partial charge in [0, 0.05) is 19.2 Å². The molecule has 1 N–H and O–H groups in total. The lowest BCUT2D eigenvalue weighted by Gasteiger charge is -2.19. The van der Waals surface area contributed by atoms with Crippen molar-refractivity contribution >= 4 is 5.97 Å². The van der Waals surface area contributed by atoms with E-state index in [9.17, 15) is 13.6 Å². The van der Waals surface area contributed by atoms with E-state index in [4.69, 9.17) is 5.11 Å². The monoisotopic (exact) mass is 243 g/mol. The van der Waals surface area contributed by atoms with Crippen LogP contribution in [-0.2, 0) is 11.3 Å². The van der Waals surface area contributed by atoms with Gasteiger partial charge >= 0.3 is 5.97 Å². The number of benzene rings is 1. The molecule has 0 heterocycles. The Morgan fingerprint density at radius 2 is 1.88 bits per heavy atom. The Balaban J connectivity index is 2.63. The average molecular weight is 243 g/mol. The molecule has 1 aromatic rings. The number of carbonyl (C=O) groups is 1. The van der Waals surface area contributed by atoms with Crippen LogP contribution in [0.25, 0.3) is 0 Å². The summed E-state index contributed by atoms with van der Waals surface area (Å²) in [5, 5.41) is 8.57. The van der Waals surface area contributed by atoms with Crippen LogP contribution in [0.2, 0.25) is 0 Å². The van der Waals surface area contributed by atoms with Gasteiger partial charge in [-0.05, 0) is 24.2 Å². The van der Waals surface area contributed by atoms with Crippen LogP contribution in [0, 0.1) is 11.6 Å². The van der Waals surface area contributed by atoms with E-state index >= 15 is 0 Å². The second kappa shape index (κ2) is 6.30. The molecule has 0 fully saturated rings. The normalized spacial score (nSPS) is 10.8. The van der Waals surface area contributed by atoms with Crippen LogP contribution in [0.15, 0.2) is 18.2 Å². The fraction of sp³-hybridized carbons (Fsp3) is 0.417. The van der Waals surface area contributed by atoms with Gasteiger partial charge in [0.15, 0.2) is 0 Å². The maximum Gasteiger partial charge on any atom is 0.304 e. The number of nitrogens with zero attached hydrogens (tertiary/aromatic N) is 1. The van der Waals surface area contributed by atoms with Gasteiger partial charge in [-0.2, -0.15) is 0 Å². The zero-order valence-corrected chi connectivity index (χ0v) is 9.62. The van der Waals surface area contributed by atoms with Gasteiger partial charge < -0.3 is 5.11 Å². The van der Waals surface area contributed by atoms with E-state index in [0.717, 1.165) is 6.07 Å². The number of halogens is 2. The van der Waals surface area contributed by atoms with Crippen LogP contribution in [0.5, 0.6) is 0 Å². The molecule has 0 saturated heterocycles. The van der Waals surface area contributed by atoms with Crippen LogP contribution >= 0.6 is 0 Å². The molecular weight excluding hydrogens is 228 g/mol. The van der Waals surface area contributed by atoms with Crippen LogP contribution in [0.3, 0.4) is 0 Å². The van der Waals surface area contributed by atoms with Crippen molar-refractivity contribution in [2.75, 3.05) is 13.1 Å². The van der Waals surface area contributed by atoms with Gasteiger partial charge in [-0.25, -0.2) is 8.78 Å². The Kier molecular flexibility index (Phi) is 5.03. The minimum absolute atomic E-state index is 0.0195. The number of carboxylic acids is 1. The lowest BCUT2D eigenvalue weighted by molar-refractivity contribution is -0.137. The van der Waals surface area contributed by atoms with Gasteiger partial charge in [0.05, 0.1) is 6.42 Å². The number of carboxylic acid groups (broad SMARTS) is 1. The molecule has 17 heavy (non-hydrogen) atoms. The third-order valence-corrected chi connectivity index (χ3v) is 2.42. The zero-order chi connectivity index (χ0) is 12.8. The van der Waals surface area contributed by atoms with Crippen LogP contribution in [0.4, 0.5) is 8.78 Å². The fourth-order valence-corrected chi connectivity index (χ4v) is 1.56. The van der Waals surface area contributed by atoms with Crippen LogP contribution in [-0.4, -0.2) is 29.1 Å². The Morgan fingerprint density at radius 3 is 2.35 bits per heavy atom. The summed E-state index contributed by atoms with van der Waals surface area (Å²) in [4.78, 5) is 12.3. The molecule has 0 bridgehead atoms. The summed E-state index contributed by atoms with van der Waals surface area (Å²) in [5.74, 6) is -2.11. The topological polar surface area (TPSA) is 40.5 Å². The van der Waals surface area contributed by atoms with Gasteiger partial charge in [0.1, 0.15) is 11.6 Å². The molecule has 0 saturated carbocycles. The lowest BCUT2D eigenvalue weighted by atomic mass is 10.2. The van der Waals surface area contributed by atoms with E-state index in [0.29, 0.717) is 25.2 Å². The summed E-state index contributed by atoms with van der Waals surface area (Å²) in [6, 6.07) is 3.33. The van der Waals surface area contributed by atoms with Crippen molar-refractivity contribution in [3.63, 3.8) is 0 Å². The largest absolute Gasteiger partial charge is 0.481 e. The maximum atomic E-state index is 12.9. The van der Waals surface area contributed by atoms with Gasteiger partial charge in [-0.15, -0.1) is 0 Å². The first-order valence-electron chi connectivity index (χ1n) is 5.40. The average Bonchev–Trinajstić information content (AvgIpc) is 2.22.